The number of anilines is 1. The third-order valence-corrected chi connectivity index (χ3v) is 3.69. The van der Waals surface area contributed by atoms with E-state index >= 15 is 0 Å². The second-order valence-corrected chi connectivity index (χ2v) is 5.25. The van der Waals surface area contributed by atoms with Gasteiger partial charge in [0.15, 0.2) is 4.98 Å². The second kappa shape index (κ2) is 4.85. The van der Waals surface area contributed by atoms with Crippen LogP contribution in [0.5, 0.6) is 0 Å². The molecule has 0 saturated heterocycles. The first kappa shape index (κ1) is 12.1. The summed E-state index contributed by atoms with van der Waals surface area (Å²) in [6.07, 6.45) is 0. The summed E-state index contributed by atoms with van der Waals surface area (Å²) in [4.78, 5) is 3.18. The predicted octanol–water partition coefficient (Wildman–Crippen LogP) is 2.97. The van der Waals surface area contributed by atoms with Crippen molar-refractivity contribution in [1.82, 2.24) is 0 Å². The molecule has 0 aliphatic carbocycles. The first-order chi connectivity index (χ1) is 8.62. The molecular weight excluding hydrogens is 250 g/mol. The third-order valence-electron chi connectivity index (χ3n) is 2.29. The van der Waals surface area contributed by atoms with Crippen molar-refractivity contribution in [2.75, 3.05) is 4.72 Å². The highest BCUT2D eigenvalue weighted by Gasteiger charge is 2.13. The van der Waals surface area contributed by atoms with Gasteiger partial charge in [0.05, 0.1) is 4.90 Å². The van der Waals surface area contributed by atoms with E-state index < -0.39 is 10.0 Å². The lowest BCUT2D eigenvalue weighted by Gasteiger charge is -2.06. The maximum atomic E-state index is 12.0. The summed E-state index contributed by atoms with van der Waals surface area (Å²) in [6, 6.07) is 14.1. The molecule has 0 atom stereocenters. The molecule has 0 fully saturated rings. The summed E-state index contributed by atoms with van der Waals surface area (Å²) in [5.41, 5.74) is 0.768. The van der Waals surface area contributed by atoms with Crippen LogP contribution in [0.3, 0.4) is 0 Å². The van der Waals surface area contributed by atoms with Gasteiger partial charge < -0.3 is 0 Å². The Morgan fingerprint density at radius 3 is 2.11 bits per heavy atom. The van der Waals surface area contributed by atoms with Crippen LogP contribution in [0.4, 0.5) is 11.4 Å². The van der Waals surface area contributed by atoms with Gasteiger partial charge in [-0.2, -0.15) is 0 Å². The summed E-state index contributed by atoms with van der Waals surface area (Å²) in [6.45, 7) is 0. The molecule has 2 aromatic carbocycles. The molecule has 90 valence electrons. The van der Waals surface area contributed by atoms with Gasteiger partial charge in [-0.1, -0.05) is 18.2 Å². The number of hydrogen-bond donors (Lipinski definition) is 1. The van der Waals surface area contributed by atoms with Gasteiger partial charge in [0.25, 0.3) is 10.0 Å². The van der Waals surface area contributed by atoms with Crippen molar-refractivity contribution in [3.63, 3.8) is 0 Å². The zero-order valence-corrected chi connectivity index (χ0v) is 10.1. The molecule has 0 saturated carbocycles. The minimum absolute atomic E-state index is 0.195. The Balaban J connectivity index is 2.26. The van der Waals surface area contributed by atoms with Crippen molar-refractivity contribution in [3.05, 3.63) is 59.6 Å². The quantitative estimate of drug-likeness (QED) is 0.862. The Morgan fingerprint density at radius 2 is 1.56 bits per heavy atom. The van der Waals surface area contributed by atoms with Gasteiger partial charge in [-0.15, -0.1) is 0 Å². The second-order valence-electron chi connectivity index (χ2n) is 3.57. The van der Waals surface area contributed by atoms with E-state index in [1.54, 1.807) is 18.2 Å². The minimum Gasteiger partial charge on any atom is -0.280 e. The fourth-order valence-electron chi connectivity index (χ4n) is 1.41. The number of sulfonamides is 1. The van der Waals surface area contributed by atoms with E-state index in [9.17, 15) is 8.42 Å². The SMILES string of the molecule is N#[N+]c1ccc(NS(=O)(=O)c2ccccc2)cc1. The Hall–Kier alpha value is -2.39. The van der Waals surface area contributed by atoms with E-state index in [1.165, 1.54) is 36.4 Å². The average molecular weight is 260 g/mol. The number of diazo groups is 1. The monoisotopic (exact) mass is 260 g/mol. The summed E-state index contributed by atoms with van der Waals surface area (Å²) >= 11 is 0. The molecule has 5 nitrogen and oxygen atoms in total. The fraction of sp³-hybridized carbons (Fsp3) is 0. The summed E-state index contributed by atoms with van der Waals surface area (Å²) in [5, 5.41) is 8.53. The van der Waals surface area contributed by atoms with Gasteiger partial charge in [0.1, 0.15) is 0 Å². The first-order valence-electron chi connectivity index (χ1n) is 5.15. The molecule has 0 amide bonds. The van der Waals surface area contributed by atoms with Crippen LogP contribution in [0, 0.1) is 5.39 Å². The molecule has 0 aliphatic heterocycles. The van der Waals surface area contributed by atoms with Gasteiger partial charge in [-0.25, -0.2) is 8.42 Å². The van der Waals surface area contributed by atoms with Crippen molar-refractivity contribution in [1.29, 1.82) is 5.39 Å². The smallest absolute Gasteiger partial charge is 0.280 e. The lowest BCUT2D eigenvalue weighted by Crippen LogP contribution is -2.12. The van der Waals surface area contributed by atoms with Crippen LogP contribution >= 0.6 is 0 Å². The van der Waals surface area contributed by atoms with E-state index in [2.05, 4.69) is 9.70 Å². The molecule has 0 radical (unpaired) electrons. The van der Waals surface area contributed by atoms with Gasteiger partial charge in [-0.3, -0.25) is 4.72 Å². The molecular formula is C12H10N3O2S+. The topological polar surface area (TPSA) is 74.3 Å². The molecule has 0 bridgehead atoms. The standard InChI is InChI=1S/C12H10N3O2S/c13-14-10-6-8-11(9-7-10)15-18(16,17)12-4-2-1-3-5-12/h1-9,15H/q+1. The number of nitrogens with zero attached hydrogens (tertiary/aromatic N) is 2. The van der Waals surface area contributed by atoms with Crippen LogP contribution in [0.15, 0.2) is 59.5 Å². The molecule has 0 heterocycles. The highest BCUT2D eigenvalue weighted by Crippen LogP contribution is 2.19. The molecule has 0 aromatic heterocycles. The minimum atomic E-state index is -3.58. The number of hydrogen-bond acceptors (Lipinski definition) is 3. The van der Waals surface area contributed by atoms with Crippen LogP contribution in [0.2, 0.25) is 0 Å². The van der Waals surface area contributed by atoms with Gasteiger partial charge >= 0.3 is 5.69 Å². The van der Waals surface area contributed by atoms with Crippen LogP contribution in [0.25, 0.3) is 4.98 Å². The molecule has 0 aliphatic rings. The lowest BCUT2D eigenvalue weighted by molar-refractivity contribution is 0.601. The van der Waals surface area contributed by atoms with Crippen molar-refractivity contribution in [2.24, 2.45) is 0 Å². The van der Waals surface area contributed by atoms with E-state index in [-0.39, 0.29) is 4.90 Å². The maximum absolute atomic E-state index is 12.0. The number of nitrogens with one attached hydrogen (secondary N) is 1. The summed E-state index contributed by atoms with van der Waals surface area (Å²) < 4.78 is 26.4. The van der Waals surface area contributed by atoms with Crippen LogP contribution in [-0.4, -0.2) is 8.42 Å². The van der Waals surface area contributed by atoms with Crippen molar-refractivity contribution in [3.8, 4) is 0 Å². The highest BCUT2D eigenvalue weighted by molar-refractivity contribution is 7.92. The van der Waals surface area contributed by atoms with E-state index in [0.717, 1.165) is 0 Å². The van der Waals surface area contributed by atoms with Crippen molar-refractivity contribution in [2.45, 2.75) is 4.90 Å². The number of benzene rings is 2. The van der Waals surface area contributed by atoms with Gasteiger partial charge in [-0.05, 0) is 24.3 Å². The van der Waals surface area contributed by atoms with Gasteiger partial charge in [0, 0.05) is 17.8 Å². The van der Waals surface area contributed by atoms with Crippen molar-refractivity contribution < 1.29 is 8.42 Å². The Morgan fingerprint density at radius 1 is 0.944 bits per heavy atom. The van der Waals surface area contributed by atoms with E-state index in [4.69, 9.17) is 5.39 Å². The van der Waals surface area contributed by atoms with E-state index in [0.29, 0.717) is 11.4 Å². The number of rotatable bonds is 3. The molecule has 0 spiro atoms. The molecule has 6 heteroatoms. The fourth-order valence-corrected chi connectivity index (χ4v) is 2.49. The zero-order valence-electron chi connectivity index (χ0n) is 9.32. The van der Waals surface area contributed by atoms with E-state index in [1.807, 2.05) is 0 Å². The summed E-state index contributed by atoms with van der Waals surface area (Å²) in [7, 11) is -3.58. The molecule has 1 N–H and O–H groups in total. The van der Waals surface area contributed by atoms with Gasteiger partial charge in [0.2, 0.25) is 5.39 Å². The molecule has 0 unspecified atom stereocenters. The molecule has 2 rings (SSSR count). The van der Waals surface area contributed by atoms with Crippen LogP contribution in [-0.2, 0) is 10.0 Å². The maximum Gasteiger partial charge on any atom is 0.385 e. The Labute approximate surface area is 105 Å². The largest absolute Gasteiger partial charge is 0.385 e. The normalized spacial score (nSPS) is 10.6. The summed E-state index contributed by atoms with van der Waals surface area (Å²) in [5.74, 6) is 0. The zero-order chi connectivity index (χ0) is 13.0. The average Bonchev–Trinajstić information content (AvgIpc) is 2.40. The predicted molar refractivity (Wildman–Crippen MR) is 68.4 cm³/mol. The molecule has 2 aromatic rings. The first-order valence-corrected chi connectivity index (χ1v) is 6.63. The third kappa shape index (κ3) is 2.64. The highest BCUT2D eigenvalue weighted by atomic mass is 32.2. The Kier molecular flexibility index (Phi) is 3.26. The molecule has 18 heavy (non-hydrogen) atoms. The van der Waals surface area contributed by atoms with Crippen molar-refractivity contribution >= 4 is 21.4 Å². The van der Waals surface area contributed by atoms with Crippen LogP contribution in [0.1, 0.15) is 0 Å². The van der Waals surface area contributed by atoms with Crippen LogP contribution < -0.4 is 4.72 Å². The Bertz CT molecular complexity index is 674. The lowest BCUT2D eigenvalue weighted by atomic mass is 10.3.